The highest BCUT2D eigenvalue weighted by Gasteiger charge is 2.56. The molecule has 4 atom stereocenters. The lowest BCUT2D eigenvalue weighted by atomic mass is 9.82. The maximum Gasteiger partial charge on any atom is 0.351 e. The first-order chi connectivity index (χ1) is 18.2. The average molecular weight is 524 g/mol. The van der Waals surface area contributed by atoms with E-state index >= 15 is 4.39 Å². The van der Waals surface area contributed by atoms with Crippen LogP contribution in [0.1, 0.15) is 40.8 Å². The number of nitrogens with one attached hydrogen (secondary N) is 1. The predicted octanol–water partition coefficient (Wildman–Crippen LogP) is 3.16. The van der Waals surface area contributed by atoms with Crippen molar-refractivity contribution in [1.82, 2.24) is 9.55 Å². The van der Waals surface area contributed by atoms with E-state index in [0.29, 0.717) is 5.56 Å². The van der Waals surface area contributed by atoms with Gasteiger partial charge in [0.2, 0.25) is 5.91 Å². The number of amides is 1. The normalized spacial score (nSPS) is 22.4. The summed E-state index contributed by atoms with van der Waals surface area (Å²) in [5.41, 5.74) is -1.79. The zero-order valence-corrected chi connectivity index (χ0v) is 20.7. The Morgan fingerprint density at radius 1 is 1.00 bits per heavy atom. The van der Waals surface area contributed by atoms with Gasteiger partial charge in [0.15, 0.2) is 12.4 Å². The van der Waals surface area contributed by atoms with Gasteiger partial charge in [-0.2, -0.15) is 4.98 Å². The number of nitrogens with zero attached hydrogens (tertiary/aromatic N) is 2. The Labute approximate surface area is 217 Å². The molecule has 3 aromatic rings. The summed E-state index contributed by atoms with van der Waals surface area (Å²) in [6.07, 6.45) is -3.16. The Morgan fingerprint density at radius 3 is 2.13 bits per heavy atom. The summed E-state index contributed by atoms with van der Waals surface area (Å²) in [6.45, 7) is 1.96. The fraction of sp³-hybridized carbons (Fsp3) is 0.296. The lowest BCUT2D eigenvalue weighted by Crippen LogP contribution is -2.43. The van der Waals surface area contributed by atoms with Crippen molar-refractivity contribution in [2.24, 2.45) is 5.41 Å². The molecule has 38 heavy (non-hydrogen) atoms. The minimum atomic E-state index is -1.86. The molecule has 10 nitrogen and oxygen atoms in total. The monoisotopic (exact) mass is 523 g/mol. The first kappa shape index (κ1) is 26.7. The number of hydrogen-bond acceptors (Lipinski definition) is 8. The number of carbonyl (C=O) groups excluding carboxylic acids is 3. The second-order valence-electron chi connectivity index (χ2n) is 9.01. The summed E-state index contributed by atoms with van der Waals surface area (Å²) in [5.74, 6) is -1.74. The van der Waals surface area contributed by atoms with Crippen LogP contribution in [0, 0.1) is 5.41 Å². The van der Waals surface area contributed by atoms with Crippen molar-refractivity contribution >= 4 is 23.7 Å². The SMILES string of the molecule is CC(=O)Nc1ccn([C@@H]2O[C@H](COC(=O)c3ccccc3)[C@@](C)(COC(=O)c3ccccc3)[C@@H]2F)c(=O)n1. The van der Waals surface area contributed by atoms with Gasteiger partial charge in [-0.1, -0.05) is 43.3 Å². The molecule has 2 heterocycles. The highest BCUT2D eigenvalue weighted by molar-refractivity contribution is 5.90. The Balaban J connectivity index is 1.57. The molecule has 1 aliphatic rings. The van der Waals surface area contributed by atoms with Crippen LogP contribution in [-0.4, -0.2) is 52.9 Å². The molecule has 0 aliphatic carbocycles. The van der Waals surface area contributed by atoms with Gasteiger partial charge < -0.3 is 19.5 Å². The lowest BCUT2D eigenvalue weighted by molar-refractivity contribution is -0.114. The van der Waals surface area contributed by atoms with E-state index in [2.05, 4.69) is 10.3 Å². The predicted molar refractivity (Wildman–Crippen MR) is 133 cm³/mol. The van der Waals surface area contributed by atoms with Crippen molar-refractivity contribution in [1.29, 1.82) is 0 Å². The maximum atomic E-state index is 16.0. The van der Waals surface area contributed by atoms with Crippen LogP contribution in [-0.2, 0) is 19.0 Å². The number of benzene rings is 2. The highest BCUT2D eigenvalue weighted by atomic mass is 19.1. The fourth-order valence-corrected chi connectivity index (χ4v) is 4.05. The Kier molecular flexibility index (Phi) is 7.96. The van der Waals surface area contributed by atoms with E-state index in [1.165, 1.54) is 26.1 Å². The quantitative estimate of drug-likeness (QED) is 0.447. The Morgan fingerprint density at radius 2 is 1.58 bits per heavy atom. The van der Waals surface area contributed by atoms with Gasteiger partial charge >= 0.3 is 17.6 Å². The van der Waals surface area contributed by atoms with Crippen LogP contribution >= 0.6 is 0 Å². The molecule has 0 bridgehead atoms. The fourth-order valence-electron chi connectivity index (χ4n) is 4.05. The number of anilines is 1. The van der Waals surface area contributed by atoms with E-state index in [0.717, 1.165) is 4.57 Å². The highest BCUT2D eigenvalue weighted by Crippen LogP contribution is 2.45. The molecule has 2 aromatic carbocycles. The first-order valence-electron chi connectivity index (χ1n) is 11.8. The number of halogens is 1. The molecule has 1 fully saturated rings. The molecule has 1 saturated heterocycles. The standard InChI is InChI=1S/C27H26FN3O7/c1-17(32)29-21-13-14-31(26(35)30-21)23-22(28)27(2,16-37-25(34)19-11-7-4-8-12-19)20(38-23)15-36-24(33)18-9-5-3-6-10-18/h3-14,20,22-23H,15-16H2,1-2H3,(H,29,30,32,35)/t20-,22-,23-,27-/m1/s1. The summed E-state index contributed by atoms with van der Waals surface area (Å²) in [7, 11) is 0. The number of alkyl halides is 1. The molecule has 0 spiro atoms. The Hall–Kier alpha value is -4.38. The number of aromatic nitrogens is 2. The van der Waals surface area contributed by atoms with Crippen molar-refractivity contribution in [3.63, 3.8) is 0 Å². The molecule has 1 amide bonds. The van der Waals surface area contributed by atoms with Gasteiger partial charge in [0, 0.05) is 13.1 Å². The number of ether oxygens (including phenoxy) is 3. The van der Waals surface area contributed by atoms with Gasteiger partial charge in [0.05, 0.1) is 16.5 Å². The van der Waals surface area contributed by atoms with Crippen LogP contribution in [0.4, 0.5) is 10.2 Å². The zero-order valence-electron chi connectivity index (χ0n) is 20.7. The van der Waals surface area contributed by atoms with Crippen LogP contribution in [0.15, 0.2) is 77.7 Å². The van der Waals surface area contributed by atoms with E-state index in [4.69, 9.17) is 14.2 Å². The number of rotatable bonds is 8. The van der Waals surface area contributed by atoms with Crippen LogP contribution in [0.2, 0.25) is 0 Å². The molecule has 1 N–H and O–H groups in total. The summed E-state index contributed by atoms with van der Waals surface area (Å²) >= 11 is 0. The number of esters is 2. The van der Waals surface area contributed by atoms with E-state index in [-0.39, 0.29) is 18.0 Å². The smallest absolute Gasteiger partial charge is 0.351 e. The third-order valence-electron chi connectivity index (χ3n) is 6.23. The average Bonchev–Trinajstić information content (AvgIpc) is 3.16. The summed E-state index contributed by atoms with van der Waals surface area (Å²) in [4.78, 5) is 52.8. The van der Waals surface area contributed by atoms with Crippen molar-refractivity contribution in [2.75, 3.05) is 18.5 Å². The van der Waals surface area contributed by atoms with Crippen molar-refractivity contribution in [3.05, 3.63) is 94.5 Å². The second-order valence-corrected chi connectivity index (χ2v) is 9.01. The molecule has 198 valence electrons. The summed E-state index contributed by atoms with van der Waals surface area (Å²) in [5, 5.41) is 2.38. The molecule has 1 aromatic heterocycles. The minimum absolute atomic E-state index is 0.0000455. The third kappa shape index (κ3) is 5.78. The molecular weight excluding hydrogens is 497 g/mol. The van der Waals surface area contributed by atoms with Crippen LogP contribution in [0.5, 0.6) is 0 Å². The van der Waals surface area contributed by atoms with E-state index in [9.17, 15) is 19.2 Å². The van der Waals surface area contributed by atoms with E-state index < -0.39 is 54.1 Å². The molecular formula is C27H26FN3O7. The molecule has 0 radical (unpaired) electrons. The molecule has 11 heteroatoms. The molecule has 0 saturated carbocycles. The van der Waals surface area contributed by atoms with Gasteiger partial charge in [-0.05, 0) is 30.3 Å². The van der Waals surface area contributed by atoms with Gasteiger partial charge in [0.25, 0.3) is 0 Å². The minimum Gasteiger partial charge on any atom is -0.461 e. The topological polar surface area (TPSA) is 126 Å². The third-order valence-corrected chi connectivity index (χ3v) is 6.23. The summed E-state index contributed by atoms with van der Waals surface area (Å²) in [6, 6.07) is 17.8. The largest absolute Gasteiger partial charge is 0.461 e. The Bertz CT molecular complexity index is 1370. The van der Waals surface area contributed by atoms with Crippen molar-refractivity contribution < 1.29 is 33.0 Å². The number of carbonyl (C=O) groups is 3. The van der Waals surface area contributed by atoms with Gasteiger partial charge in [-0.3, -0.25) is 9.36 Å². The van der Waals surface area contributed by atoms with Crippen molar-refractivity contribution in [2.45, 2.75) is 32.4 Å². The van der Waals surface area contributed by atoms with Gasteiger partial charge in [-0.15, -0.1) is 0 Å². The van der Waals surface area contributed by atoms with E-state index in [1.54, 1.807) is 60.7 Å². The molecule has 1 aliphatic heterocycles. The molecule has 4 rings (SSSR count). The van der Waals surface area contributed by atoms with Gasteiger partial charge in [-0.25, -0.2) is 18.8 Å². The lowest BCUT2D eigenvalue weighted by Gasteiger charge is -2.30. The maximum absolute atomic E-state index is 16.0. The first-order valence-corrected chi connectivity index (χ1v) is 11.8. The zero-order chi connectivity index (χ0) is 27.3. The van der Waals surface area contributed by atoms with Crippen LogP contribution in [0.3, 0.4) is 0 Å². The second kappa shape index (κ2) is 11.3. The van der Waals surface area contributed by atoms with Crippen molar-refractivity contribution in [3.8, 4) is 0 Å². The van der Waals surface area contributed by atoms with Crippen LogP contribution < -0.4 is 11.0 Å². The van der Waals surface area contributed by atoms with Gasteiger partial charge in [0.1, 0.15) is 25.1 Å². The van der Waals surface area contributed by atoms with Crippen LogP contribution in [0.25, 0.3) is 0 Å². The molecule has 0 unspecified atom stereocenters. The number of hydrogen-bond donors (Lipinski definition) is 1. The van der Waals surface area contributed by atoms with E-state index in [1.807, 2.05) is 0 Å². The summed E-state index contributed by atoms with van der Waals surface area (Å²) < 4.78 is 33.7.